The minimum absolute atomic E-state index is 0.0242. The zero-order valence-corrected chi connectivity index (χ0v) is 8.46. The van der Waals surface area contributed by atoms with Gasteiger partial charge < -0.3 is 9.47 Å². The van der Waals surface area contributed by atoms with Crippen molar-refractivity contribution in [3.05, 3.63) is 17.3 Å². The van der Waals surface area contributed by atoms with E-state index in [1.54, 1.807) is 0 Å². The predicted molar refractivity (Wildman–Crippen MR) is 47.6 cm³/mol. The van der Waals surface area contributed by atoms with Crippen LogP contribution in [0.25, 0.3) is 0 Å². The summed E-state index contributed by atoms with van der Waals surface area (Å²) < 4.78 is 44.5. The molecular weight excluding hydrogens is 227 g/mol. The van der Waals surface area contributed by atoms with Crippen LogP contribution >= 0.6 is 0 Å². The molecule has 0 saturated carbocycles. The van der Waals surface area contributed by atoms with Gasteiger partial charge in [0.1, 0.15) is 5.69 Å². The lowest BCUT2D eigenvalue weighted by molar-refractivity contribution is -0.275. The Labute approximate surface area is 89.0 Å². The first-order valence-corrected chi connectivity index (χ1v) is 4.14. The maximum absolute atomic E-state index is 12.0. The SMILES string of the molecule is COc1nc(C=O)cc(C)c1OC(F)(F)F. The molecule has 1 rings (SSSR count). The van der Waals surface area contributed by atoms with Crippen molar-refractivity contribution in [2.24, 2.45) is 0 Å². The molecule has 0 amide bonds. The smallest absolute Gasteiger partial charge is 0.478 e. The van der Waals surface area contributed by atoms with Crippen molar-refractivity contribution >= 4 is 6.29 Å². The van der Waals surface area contributed by atoms with E-state index in [-0.39, 0.29) is 17.1 Å². The molecule has 0 saturated heterocycles. The molecule has 0 aromatic carbocycles. The number of carbonyl (C=O) groups excluding carboxylic acids is 1. The number of pyridine rings is 1. The summed E-state index contributed by atoms with van der Waals surface area (Å²) in [6, 6.07) is 1.18. The molecule has 0 bridgehead atoms. The lowest BCUT2D eigenvalue weighted by atomic mass is 10.2. The zero-order chi connectivity index (χ0) is 12.3. The van der Waals surface area contributed by atoms with Crippen LogP contribution in [0.2, 0.25) is 0 Å². The van der Waals surface area contributed by atoms with Gasteiger partial charge in [-0.3, -0.25) is 4.79 Å². The third kappa shape index (κ3) is 2.85. The van der Waals surface area contributed by atoms with Crippen LogP contribution in [0.3, 0.4) is 0 Å². The van der Waals surface area contributed by atoms with Crippen molar-refractivity contribution in [1.29, 1.82) is 0 Å². The highest BCUT2D eigenvalue weighted by molar-refractivity contribution is 5.73. The number of aromatic nitrogens is 1. The van der Waals surface area contributed by atoms with Crippen molar-refractivity contribution in [3.63, 3.8) is 0 Å². The predicted octanol–water partition coefficient (Wildman–Crippen LogP) is 2.11. The molecule has 0 radical (unpaired) electrons. The number of hydrogen-bond acceptors (Lipinski definition) is 4. The topological polar surface area (TPSA) is 48.4 Å². The van der Waals surface area contributed by atoms with E-state index >= 15 is 0 Å². The Morgan fingerprint density at radius 3 is 2.50 bits per heavy atom. The highest BCUT2D eigenvalue weighted by Crippen LogP contribution is 2.33. The van der Waals surface area contributed by atoms with Crippen molar-refractivity contribution < 1.29 is 27.4 Å². The number of methoxy groups -OCH3 is 1. The van der Waals surface area contributed by atoms with Gasteiger partial charge in [-0.25, -0.2) is 4.98 Å². The fourth-order valence-corrected chi connectivity index (χ4v) is 1.09. The molecule has 0 aliphatic heterocycles. The fourth-order valence-electron chi connectivity index (χ4n) is 1.09. The molecule has 1 aromatic heterocycles. The first-order valence-electron chi connectivity index (χ1n) is 4.14. The van der Waals surface area contributed by atoms with Crippen LogP contribution in [0.4, 0.5) is 13.2 Å². The molecule has 0 atom stereocenters. The van der Waals surface area contributed by atoms with E-state index in [2.05, 4.69) is 14.5 Å². The molecule has 1 heterocycles. The van der Waals surface area contributed by atoms with Crippen LogP contribution in [0.1, 0.15) is 16.1 Å². The minimum atomic E-state index is -4.83. The van der Waals surface area contributed by atoms with Crippen LogP contribution in [-0.4, -0.2) is 24.7 Å². The van der Waals surface area contributed by atoms with Crippen LogP contribution < -0.4 is 9.47 Å². The molecule has 4 nitrogen and oxygen atoms in total. The number of aryl methyl sites for hydroxylation is 1. The quantitative estimate of drug-likeness (QED) is 0.753. The monoisotopic (exact) mass is 235 g/mol. The van der Waals surface area contributed by atoms with Gasteiger partial charge in [0.15, 0.2) is 12.0 Å². The number of aldehydes is 1. The van der Waals surface area contributed by atoms with Gasteiger partial charge in [-0.05, 0) is 18.6 Å². The second kappa shape index (κ2) is 4.38. The third-order valence-electron chi connectivity index (χ3n) is 1.68. The van der Waals surface area contributed by atoms with Gasteiger partial charge in [0.25, 0.3) is 5.88 Å². The van der Waals surface area contributed by atoms with E-state index in [0.29, 0.717) is 6.29 Å². The van der Waals surface area contributed by atoms with E-state index < -0.39 is 12.1 Å². The van der Waals surface area contributed by atoms with Crippen molar-refractivity contribution in [2.45, 2.75) is 13.3 Å². The maximum atomic E-state index is 12.0. The van der Waals surface area contributed by atoms with E-state index in [4.69, 9.17) is 0 Å². The molecule has 0 fully saturated rings. The summed E-state index contributed by atoms with van der Waals surface area (Å²) in [5.41, 5.74) is 0.0927. The molecule has 1 aromatic rings. The molecule has 0 aliphatic carbocycles. The summed E-state index contributed by atoms with van der Waals surface area (Å²) in [5, 5.41) is 0. The first kappa shape index (κ1) is 12.3. The summed E-state index contributed by atoms with van der Waals surface area (Å²) in [5.74, 6) is -0.917. The van der Waals surface area contributed by atoms with Crippen LogP contribution in [-0.2, 0) is 0 Å². The molecular formula is C9H8F3NO3. The average molecular weight is 235 g/mol. The lowest BCUT2D eigenvalue weighted by Crippen LogP contribution is -2.19. The van der Waals surface area contributed by atoms with Gasteiger partial charge in [0, 0.05) is 0 Å². The van der Waals surface area contributed by atoms with E-state index in [9.17, 15) is 18.0 Å². The Balaban J connectivity index is 3.21. The van der Waals surface area contributed by atoms with Crippen LogP contribution in [0.5, 0.6) is 11.6 Å². The van der Waals surface area contributed by atoms with Crippen LogP contribution in [0, 0.1) is 6.92 Å². The highest BCUT2D eigenvalue weighted by atomic mass is 19.4. The fraction of sp³-hybridized carbons (Fsp3) is 0.333. The number of carbonyl (C=O) groups is 1. The Hall–Kier alpha value is -1.79. The first-order chi connectivity index (χ1) is 7.37. The third-order valence-corrected chi connectivity index (χ3v) is 1.68. The minimum Gasteiger partial charge on any atom is -0.478 e. The Morgan fingerprint density at radius 2 is 2.06 bits per heavy atom. The summed E-state index contributed by atoms with van der Waals surface area (Å²) in [7, 11) is 1.14. The Morgan fingerprint density at radius 1 is 1.44 bits per heavy atom. The standard InChI is InChI=1S/C9H8F3NO3/c1-5-3-6(4-14)13-8(15-2)7(5)16-9(10,11)12/h3-4H,1-2H3. The van der Waals surface area contributed by atoms with Crippen molar-refractivity contribution in [2.75, 3.05) is 7.11 Å². The van der Waals surface area contributed by atoms with Gasteiger partial charge in [-0.2, -0.15) is 0 Å². The second-order valence-corrected chi connectivity index (χ2v) is 2.87. The summed E-state index contributed by atoms with van der Waals surface area (Å²) in [4.78, 5) is 14.0. The highest BCUT2D eigenvalue weighted by Gasteiger charge is 2.33. The normalized spacial score (nSPS) is 11.1. The largest absolute Gasteiger partial charge is 0.573 e. The number of ether oxygens (including phenoxy) is 2. The van der Waals surface area contributed by atoms with Gasteiger partial charge in [0.05, 0.1) is 7.11 Å². The zero-order valence-electron chi connectivity index (χ0n) is 8.46. The van der Waals surface area contributed by atoms with E-state index in [1.807, 2.05) is 0 Å². The number of rotatable bonds is 3. The molecule has 0 aliphatic rings. The van der Waals surface area contributed by atoms with Gasteiger partial charge in [0.2, 0.25) is 0 Å². The molecule has 0 N–H and O–H groups in total. The maximum Gasteiger partial charge on any atom is 0.573 e. The second-order valence-electron chi connectivity index (χ2n) is 2.87. The number of halogens is 3. The number of hydrogen-bond donors (Lipinski definition) is 0. The molecule has 16 heavy (non-hydrogen) atoms. The number of alkyl halides is 3. The summed E-state index contributed by atoms with van der Waals surface area (Å²) in [6.07, 6.45) is -4.42. The van der Waals surface area contributed by atoms with Gasteiger partial charge >= 0.3 is 6.36 Å². The number of nitrogens with zero attached hydrogens (tertiary/aromatic N) is 1. The van der Waals surface area contributed by atoms with Crippen LogP contribution in [0.15, 0.2) is 6.07 Å². The average Bonchev–Trinajstić information content (AvgIpc) is 2.19. The van der Waals surface area contributed by atoms with Gasteiger partial charge in [-0.15, -0.1) is 13.2 Å². The molecule has 7 heteroatoms. The van der Waals surface area contributed by atoms with Crippen molar-refractivity contribution in [3.8, 4) is 11.6 Å². The Kier molecular flexibility index (Phi) is 3.36. The molecule has 0 spiro atoms. The van der Waals surface area contributed by atoms with Gasteiger partial charge in [-0.1, -0.05) is 0 Å². The Bertz CT molecular complexity index is 404. The molecule has 88 valence electrons. The summed E-state index contributed by atoms with van der Waals surface area (Å²) in [6.45, 7) is 1.36. The van der Waals surface area contributed by atoms with Crippen molar-refractivity contribution in [1.82, 2.24) is 4.98 Å². The molecule has 0 unspecified atom stereocenters. The van der Waals surface area contributed by atoms with E-state index in [0.717, 1.165) is 7.11 Å². The van der Waals surface area contributed by atoms with E-state index in [1.165, 1.54) is 13.0 Å². The summed E-state index contributed by atoms with van der Waals surface area (Å²) >= 11 is 0. The lowest BCUT2D eigenvalue weighted by Gasteiger charge is -2.14.